The van der Waals surface area contributed by atoms with Crippen LogP contribution in [0.2, 0.25) is 0 Å². The molecule has 0 spiro atoms. The lowest BCUT2D eigenvalue weighted by Gasteiger charge is -1.96. The van der Waals surface area contributed by atoms with Gasteiger partial charge in [-0.05, 0) is 44.2 Å². The molecule has 0 aliphatic carbocycles. The van der Waals surface area contributed by atoms with Gasteiger partial charge in [0.1, 0.15) is 5.82 Å². The van der Waals surface area contributed by atoms with E-state index in [1.165, 1.54) is 18.2 Å². The van der Waals surface area contributed by atoms with E-state index in [0.717, 1.165) is 0 Å². The summed E-state index contributed by atoms with van der Waals surface area (Å²) in [5, 5.41) is 20.8. The zero-order chi connectivity index (χ0) is 15.0. The molecule has 3 rings (SSSR count). The minimum Gasteiger partial charge on any atom is -0.358 e. The lowest BCUT2D eigenvalue weighted by molar-refractivity contribution is -0.390. The van der Waals surface area contributed by atoms with E-state index in [1.54, 1.807) is 0 Å². The maximum atomic E-state index is 13.2. The first-order chi connectivity index (χ1) is 10.1. The minimum atomic E-state index is -0.781. The number of halogens is 2. The molecular formula is C10H3BrFN5O4. The van der Waals surface area contributed by atoms with Gasteiger partial charge in [-0.2, -0.15) is 4.98 Å². The first-order valence-corrected chi connectivity index (χ1v) is 6.12. The van der Waals surface area contributed by atoms with Crippen LogP contribution in [0.3, 0.4) is 0 Å². The minimum absolute atomic E-state index is 0.0444. The molecule has 106 valence electrons. The van der Waals surface area contributed by atoms with Crippen LogP contribution in [-0.2, 0) is 0 Å². The highest BCUT2D eigenvalue weighted by atomic mass is 79.9. The molecule has 0 bridgehead atoms. The molecule has 0 radical (unpaired) electrons. The Kier molecular flexibility index (Phi) is 3.17. The van der Waals surface area contributed by atoms with Gasteiger partial charge in [0.05, 0.1) is 4.47 Å². The number of benzene rings is 1. The van der Waals surface area contributed by atoms with Gasteiger partial charge < -0.3 is 14.6 Å². The van der Waals surface area contributed by atoms with E-state index in [1.807, 2.05) is 0 Å². The van der Waals surface area contributed by atoms with Crippen molar-refractivity contribution < 1.29 is 18.5 Å². The van der Waals surface area contributed by atoms with Crippen molar-refractivity contribution in [1.29, 1.82) is 0 Å². The van der Waals surface area contributed by atoms with Crippen LogP contribution >= 0.6 is 15.9 Å². The highest BCUT2D eigenvalue weighted by molar-refractivity contribution is 9.10. The van der Waals surface area contributed by atoms with Crippen LogP contribution in [0, 0.1) is 15.9 Å². The number of hydrogen-bond donors (Lipinski definition) is 0. The Bertz CT molecular complexity index is 832. The maximum absolute atomic E-state index is 13.2. The fourth-order valence-corrected chi connectivity index (χ4v) is 1.89. The van der Waals surface area contributed by atoms with E-state index >= 15 is 0 Å². The van der Waals surface area contributed by atoms with Crippen molar-refractivity contribution in [1.82, 2.24) is 20.5 Å². The van der Waals surface area contributed by atoms with Crippen LogP contribution < -0.4 is 0 Å². The second kappa shape index (κ2) is 5.01. The Hall–Kier alpha value is -2.69. The second-order valence-corrected chi connectivity index (χ2v) is 4.60. The smallest absolute Gasteiger partial charge is 0.358 e. The number of aromatic nitrogens is 4. The van der Waals surface area contributed by atoms with Crippen molar-refractivity contribution in [2.24, 2.45) is 0 Å². The van der Waals surface area contributed by atoms with Gasteiger partial charge in [-0.25, -0.2) is 4.39 Å². The summed E-state index contributed by atoms with van der Waals surface area (Å²) < 4.78 is 22.6. The summed E-state index contributed by atoms with van der Waals surface area (Å²) in [5.74, 6) is -1.18. The fourth-order valence-electron chi connectivity index (χ4n) is 1.51. The standard InChI is InChI=1S/C10H3BrFN5O4/c11-5-3-4(1-2-6(5)12)10-13-8(15-20-10)7-9(17(18)19)16-21-14-7/h1-3H. The third kappa shape index (κ3) is 2.38. The van der Waals surface area contributed by atoms with E-state index in [0.29, 0.717) is 5.56 Å². The Balaban J connectivity index is 2.01. The molecule has 2 aromatic heterocycles. The fraction of sp³-hybridized carbons (Fsp3) is 0. The Morgan fingerprint density at radius 1 is 1.29 bits per heavy atom. The Labute approximate surface area is 123 Å². The molecule has 2 heterocycles. The summed E-state index contributed by atoms with van der Waals surface area (Å²) in [6.45, 7) is 0. The van der Waals surface area contributed by atoms with Crippen molar-refractivity contribution in [2.75, 3.05) is 0 Å². The molecule has 0 atom stereocenters. The van der Waals surface area contributed by atoms with Gasteiger partial charge in [-0.3, -0.25) is 0 Å². The first kappa shape index (κ1) is 13.3. The summed E-state index contributed by atoms with van der Waals surface area (Å²) in [6, 6.07) is 4.07. The lowest BCUT2D eigenvalue weighted by Crippen LogP contribution is -1.92. The molecule has 0 aliphatic rings. The van der Waals surface area contributed by atoms with Gasteiger partial charge in [0.25, 0.3) is 11.6 Å². The monoisotopic (exact) mass is 355 g/mol. The molecule has 0 aliphatic heterocycles. The van der Waals surface area contributed by atoms with Crippen molar-refractivity contribution in [3.05, 3.63) is 38.6 Å². The van der Waals surface area contributed by atoms with E-state index in [4.69, 9.17) is 4.52 Å². The van der Waals surface area contributed by atoms with Crippen molar-refractivity contribution in [3.63, 3.8) is 0 Å². The molecular weight excluding hydrogens is 353 g/mol. The van der Waals surface area contributed by atoms with Gasteiger partial charge in [-0.1, -0.05) is 5.16 Å². The Morgan fingerprint density at radius 3 is 2.81 bits per heavy atom. The largest absolute Gasteiger partial charge is 0.446 e. The molecule has 0 N–H and O–H groups in total. The predicted octanol–water partition coefficient (Wildman–Crippen LogP) is 2.60. The van der Waals surface area contributed by atoms with E-state index in [-0.39, 0.29) is 21.9 Å². The average Bonchev–Trinajstić information content (AvgIpc) is 3.09. The van der Waals surface area contributed by atoms with Crippen LogP contribution in [0.25, 0.3) is 23.0 Å². The number of nitro groups is 1. The SMILES string of the molecule is O=[N+]([O-])c1nonc1-c1noc(-c2ccc(F)c(Br)c2)n1. The highest BCUT2D eigenvalue weighted by Crippen LogP contribution is 2.28. The van der Waals surface area contributed by atoms with Crippen LogP contribution in [0.1, 0.15) is 0 Å². The molecule has 9 nitrogen and oxygen atoms in total. The van der Waals surface area contributed by atoms with Crippen LogP contribution in [0.4, 0.5) is 10.2 Å². The maximum Gasteiger partial charge on any atom is 0.446 e. The quantitative estimate of drug-likeness (QED) is 0.519. The molecule has 0 unspecified atom stereocenters. The van der Waals surface area contributed by atoms with E-state index in [2.05, 4.69) is 41.0 Å². The molecule has 1 aromatic carbocycles. The Morgan fingerprint density at radius 2 is 2.10 bits per heavy atom. The summed E-state index contributed by atoms with van der Waals surface area (Å²) in [5.41, 5.74) is 0.178. The normalized spacial score (nSPS) is 10.8. The van der Waals surface area contributed by atoms with E-state index < -0.39 is 16.6 Å². The molecule has 11 heteroatoms. The number of nitrogens with zero attached hydrogens (tertiary/aromatic N) is 5. The average molecular weight is 356 g/mol. The van der Waals surface area contributed by atoms with Gasteiger partial charge in [0.15, 0.2) is 5.16 Å². The van der Waals surface area contributed by atoms with Gasteiger partial charge >= 0.3 is 5.82 Å². The molecule has 0 amide bonds. The van der Waals surface area contributed by atoms with Crippen molar-refractivity contribution in [2.45, 2.75) is 0 Å². The van der Waals surface area contributed by atoms with Crippen LogP contribution in [0.15, 0.2) is 31.8 Å². The number of hydrogen-bond acceptors (Lipinski definition) is 8. The summed E-state index contributed by atoms with van der Waals surface area (Å²) in [6.07, 6.45) is 0. The third-order valence-electron chi connectivity index (χ3n) is 2.45. The third-order valence-corrected chi connectivity index (χ3v) is 3.06. The molecule has 21 heavy (non-hydrogen) atoms. The second-order valence-electron chi connectivity index (χ2n) is 3.75. The molecule has 3 aromatic rings. The zero-order valence-electron chi connectivity index (χ0n) is 9.86. The topological polar surface area (TPSA) is 121 Å². The van der Waals surface area contributed by atoms with Crippen molar-refractivity contribution >= 4 is 21.7 Å². The first-order valence-electron chi connectivity index (χ1n) is 5.32. The molecule has 0 saturated heterocycles. The van der Waals surface area contributed by atoms with Gasteiger partial charge in [-0.15, -0.1) is 4.63 Å². The van der Waals surface area contributed by atoms with Gasteiger partial charge in [0.2, 0.25) is 5.82 Å². The molecule has 0 saturated carbocycles. The highest BCUT2D eigenvalue weighted by Gasteiger charge is 2.28. The zero-order valence-corrected chi connectivity index (χ0v) is 11.4. The molecule has 0 fully saturated rings. The lowest BCUT2D eigenvalue weighted by atomic mass is 10.2. The van der Waals surface area contributed by atoms with Crippen molar-refractivity contribution in [3.8, 4) is 23.0 Å². The summed E-state index contributed by atoms with van der Waals surface area (Å²) in [4.78, 5) is 13.9. The van der Waals surface area contributed by atoms with Crippen LogP contribution in [0.5, 0.6) is 0 Å². The van der Waals surface area contributed by atoms with Crippen LogP contribution in [-0.4, -0.2) is 25.4 Å². The van der Waals surface area contributed by atoms with E-state index in [9.17, 15) is 14.5 Å². The summed E-state index contributed by atoms with van der Waals surface area (Å²) in [7, 11) is 0. The van der Waals surface area contributed by atoms with Gasteiger partial charge in [0, 0.05) is 5.56 Å². The summed E-state index contributed by atoms with van der Waals surface area (Å²) >= 11 is 3.03. The predicted molar refractivity (Wildman–Crippen MR) is 67.3 cm³/mol. The number of rotatable bonds is 3.